The molecule has 0 bridgehead atoms. The summed E-state index contributed by atoms with van der Waals surface area (Å²) in [5.74, 6) is -1.14. The highest BCUT2D eigenvalue weighted by Gasteiger charge is 2.56. The molecule has 3 aromatic rings. The summed E-state index contributed by atoms with van der Waals surface area (Å²) < 4.78 is 40.0. The lowest BCUT2D eigenvalue weighted by Gasteiger charge is -2.40. The van der Waals surface area contributed by atoms with Crippen LogP contribution >= 0.6 is 0 Å². The van der Waals surface area contributed by atoms with Crippen molar-refractivity contribution in [1.29, 1.82) is 0 Å². The second-order valence-electron chi connectivity index (χ2n) is 8.14. The predicted molar refractivity (Wildman–Crippen MR) is 130 cm³/mol. The van der Waals surface area contributed by atoms with Gasteiger partial charge in [0.25, 0.3) is 5.79 Å². The lowest BCUT2D eigenvalue weighted by molar-refractivity contribution is -0.164. The maximum absolute atomic E-state index is 11.9. The zero-order valence-electron chi connectivity index (χ0n) is 19.0. The van der Waals surface area contributed by atoms with E-state index in [0.717, 1.165) is 23.4 Å². The van der Waals surface area contributed by atoms with Crippen LogP contribution in [-0.2, 0) is 18.8 Å². The minimum atomic E-state index is -4.19. The minimum Gasteiger partial charge on any atom is -0.492 e. The summed E-state index contributed by atoms with van der Waals surface area (Å²) in [4.78, 5) is 2.04. The number of ether oxygens (including phenoxy) is 1. The predicted octanol–water partition coefficient (Wildman–Crippen LogP) is 3.57. The van der Waals surface area contributed by atoms with E-state index in [0.29, 0.717) is 23.3 Å². The molecule has 0 amide bonds. The number of hydrogen-bond donors (Lipinski definition) is 1. The Morgan fingerprint density at radius 1 is 0.853 bits per heavy atom. The van der Waals surface area contributed by atoms with E-state index in [1.807, 2.05) is 104 Å². The topological polar surface area (TPSA) is 85.3 Å². The Morgan fingerprint density at radius 2 is 1.38 bits per heavy atom. The summed E-state index contributed by atoms with van der Waals surface area (Å²) in [5.41, 5.74) is 3.35. The van der Waals surface area contributed by atoms with Gasteiger partial charge in [-0.25, -0.2) is 8.37 Å². The lowest BCUT2D eigenvalue weighted by atomic mass is 9.85. The second-order valence-corrected chi connectivity index (χ2v) is 9.29. The molecule has 3 aromatic carbocycles. The van der Waals surface area contributed by atoms with Crippen molar-refractivity contribution in [2.24, 2.45) is 0 Å². The molecule has 0 saturated carbocycles. The molecule has 0 radical (unpaired) electrons. The molecule has 0 aromatic heterocycles. The van der Waals surface area contributed by atoms with Crippen LogP contribution in [-0.4, -0.2) is 58.1 Å². The summed E-state index contributed by atoms with van der Waals surface area (Å²) in [7, 11) is -0.229. The fraction of sp³-hybridized carbons (Fsp3) is 0.231. The molecular formula is C26H27NO6S. The van der Waals surface area contributed by atoms with Gasteiger partial charge < -0.3 is 14.7 Å². The van der Waals surface area contributed by atoms with E-state index in [-0.39, 0.29) is 0 Å². The third kappa shape index (κ3) is 5.22. The molecule has 0 unspecified atom stereocenters. The molecule has 178 valence electrons. The first-order chi connectivity index (χ1) is 16.3. The Labute approximate surface area is 200 Å². The maximum atomic E-state index is 11.9. The van der Waals surface area contributed by atoms with Crippen LogP contribution in [0.15, 0.2) is 84.9 Å². The molecule has 1 aliphatic heterocycles. The number of hydrogen-bond acceptors (Lipinski definition) is 7. The van der Waals surface area contributed by atoms with Crippen molar-refractivity contribution < 1.29 is 26.6 Å². The number of nitrogens with zero attached hydrogens (tertiary/aromatic N) is 1. The average Bonchev–Trinajstić information content (AvgIpc) is 2.82. The van der Waals surface area contributed by atoms with Crippen LogP contribution in [0.5, 0.6) is 5.75 Å². The normalized spacial score (nSPS) is 17.1. The van der Waals surface area contributed by atoms with E-state index in [1.165, 1.54) is 0 Å². The number of aliphatic hydroxyl groups is 1. The Morgan fingerprint density at radius 3 is 1.88 bits per heavy atom. The summed E-state index contributed by atoms with van der Waals surface area (Å²) in [6.45, 7) is 0.659. The molecule has 34 heavy (non-hydrogen) atoms. The SMILES string of the molecule is CN(C)CCOc1ccc(/C(=C(/c2ccccc2)C2(CO)OS(=O)(=O)O2)c2ccccc2)cc1. The zero-order valence-corrected chi connectivity index (χ0v) is 19.9. The van der Waals surface area contributed by atoms with Crippen LogP contribution in [0.25, 0.3) is 11.1 Å². The third-order valence-corrected chi connectivity index (χ3v) is 6.33. The van der Waals surface area contributed by atoms with Crippen LogP contribution in [0, 0.1) is 0 Å². The molecule has 0 spiro atoms. The van der Waals surface area contributed by atoms with Crippen molar-refractivity contribution in [3.8, 4) is 5.75 Å². The van der Waals surface area contributed by atoms with Gasteiger partial charge in [0.05, 0.1) is 0 Å². The van der Waals surface area contributed by atoms with Gasteiger partial charge in [-0.1, -0.05) is 72.8 Å². The van der Waals surface area contributed by atoms with Crippen LogP contribution in [0.1, 0.15) is 16.7 Å². The van der Waals surface area contributed by atoms with E-state index >= 15 is 0 Å². The Bertz CT molecular complexity index is 1230. The smallest absolute Gasteiger partial charge is 0.406 e. The molecule has 1 heterocycles. The van der Waals surface area contributed by atoms with E-state index in [2.05, 4.69) is 0 Å². The molecule has 7 nitrogen and oxygen atoms in total. The van der Waals surface area contributed by atoms with Gasteiger partial charge in [-0.15, -0.1) is 0 Å². The average molecular weight is 482 g/mol. The van der Waals surface area contributed by atoms with Gasteiger partial charge in [-0.2, -0.15) is 8.42 Å². The standard InChI is InChI=1S/C26H27NO6S/c1-27(2)17-18-31-23-15-13-21(14-16-23)24(20-9-5-3-6-10-20)25(22-11-7-4-8-12-22)26(19-28)32-34(29,30)33-26/h3-16,28H,17-19H2,1-2H3/b25-24-. The molecule has 1 fully saturated rings. The number of aliphatic hydroxyl groups excluding tert-OH is 1. The maximum Gasteiger partial charge on any atom is 0.406 e. The summed E-state index contributed by atoms with van der Waals surface area (Å²) >= 11 is 0. The monoisotopic (exact) mass is 481 g/mol. The number of rotatable bonds is 9. The number of benzene rings is 3. The van der Waals surface area contributed by atoms with Crippen LogP contribution < -0.4 is 4.74 Å². The Kier molecular flexibility index (Phi) is 7.16. The van der Waals surface area contributed by atoms with Gasteiger partial charge in [-0.3, -0.25) is 0 Å². The Balaban J connectivity index is 1.88. The van der Waals surface area contributed by atoms with Gasteiger partial charge in [0.1, 0.15) is 19.0 Å². The molecule has 1 saturated heterocycles. The van der Waals surface area contributed by atoms with E-state index in [9.17, 15) is 13.5 Å². The van der Waals surface area contributed by atoms with E-state index in [1.54, 1.807) is 0 Å². The van der Waals surface area contributed by atoms with Gasteiger partial charge in [-0.05, 0) is 48.5 Å². The first-order valence-corrected chi connectivity index (χ1v) is 12.2. The molecule has 4 rings (SSSR count). The first-order valence-electron chi connectivity index (χ1n) is 10.8. The fourth-order valence-electron chi connectivity index (χ4n) is 3.83. The molecule has 0 atom stereocenters. The molecule has 1 aliphatic rings. The molecule has 1 N–H and O–H groups in total. The van der Waals surface area contributed by atoms with Gasteiger partial charge >= 0.3 is 10.4 Å². The molecule has 8 heteroatoms. The highest BCUT2D eigenvalue weighted by Crippen LogP contribution is 2.47. The quantitative estimate of drug-likeness (QED) is 0.468. The highest BCUT2D eigenvalue weighted by atomic mass is 32.3. The summed E-state index contributed by atoms with van der Waals surface area (Å²) in [5, 5.41) is 10.3. The largest absolute Gasteiger partial charge is 0.492 e. The molecule has 0 aliphatic carbocycles. The van der Waals surface area contributed by atoms with Crippen molar-refractivity contribution in [3.63, 3.8) is 0 Å². The first kappa shape index (κ1) is 24.1. The van der Waals surface area contributed by atoms with Crippen LogP contribution in [0.3, 0.4) is 0 Å². The second kappa shape index (κ2) is 10.1. The zero-order chi connectivity index (χ0) is 24.2. The van der Waals surface area contributed by atoms with Gasteiger partial charge in [0, 0.05) is 12.1 Å². The van der Waals surface area contributed by atoms with Crippen LogP contribution in [0.2, 0.25) is 0 Å². The van der Waals surface area contributed by atoms with Crippen molar-refractivity contribution in [2.45, 2.75) is 5.79 Å². The fourth-order valence-corrected chi connectivity index (χ4v) is 4.78. The summed E-state index contributed by atoms with van der Waals surface area (Å²) in [6, 6.07) is 26.2. The van der Waals surface area contributed by atoms with Crippen molar-refractivity contribution in [2.75, 3.05) is 33.9 Å². The summed E-state index contributed by atoms with van der Waals surface area (Å²) in [6.07, 6.45) is 0. The van der Waals surface area contributed by atoms with E-state index in [4.69, 9.17) is 13.1 Å². The lowest BCUT2D eigenvalue weighted by Crippen LogP contribution is -2.54. The van der Waals surface area contributed by atoms with Crippen molar-refractivity contribution in [3.05, 3.63) is 102 Å². The van der Waals surface area contributed by atoms with Gasteiger partial charge in [0.15, 0.2) is 0 Å². The number of likely N-dealkylation sites (N-methyl/N-ethyl adjacent to an activating group) is 1. The van der Waals surface area contributed by atoms with Gasteiger partial charge in [0.2, 0.25) is 0 Å². The van der Waals surface area contributed by atoms with Crippen LogP contribution in [0.4, 0.5) is 0 Å². The highest BCUT2D eigenvalue weighted by molar-refractivity contribution is 7.82. The Hall–Kier alpha value is -3.01. The van der Waals surface area contributed by atoms with Crippen molar-refractivity contribution >= 4 is 21.5 Å². The minimum absolute atomic E-state index is 0.415. The van der Waals surface area contributed by atoms with Crippen molar-refractivity contribution in [1.82, 2.24) is 4.90 Å². The van der Waals surface area contributed by atoms with E-state index < -0.39 is 22.8 Å². The molecular weight excluding hydrogens is 454 g/mol. The third-order valence-electron chi connectivity index (χ3n) is 5.39.